The molecule has 0 radical (unpaired) electrons. The molecular formula is C38H78O3S. The van der Waals surface area contributed by atoms with E-state index in [2.05, 4.69) is 13.8 Å². The Morgan fingerprint density at radius 3 is 0.738 bits per heavy atom. The predicted octanol–water partition coefficient (Wildman–Crippen LogP) is 13.6. The highest BCUT2D eigenvalue weighted by Crippen LogP contribution is 2.19. The third kappa shape index (κ3) is 36.1. The van der Waals surface area contributed by atoms with Gasteiger partial charge in [-0.1, -0.05) is 219 Å². The van der Waals surface area contributed by atoms with Crippen LogP contribution in [0.5, 0.6) is 0 Å². The van der Waals surface area contributed by atoms with Crippen molar-refractivity contribution in [2.24, 2.45) is 0 Å². The lowest BCUT2D eigenvalue weighted by Crippen LogP contribution is -2.17. The van der Waals surface area contributed by atoms with Crippen molar-refractivity contribution in [3.8, 4) is 0 Å². The molecular weight excluding hydrogens is 536 g/mol. The second-order valence-corrected chi connectivity index (χ2v) is 15.2. The molecule has 0 aromatic rings. The average molecular weight is 615 g/mol. The van der Waals surface area contributed by atoms with Gasteiger partial charge in [0.25, 0.3) is 10.1 Å². The van der Waals surface area contributed by atoms with Crippen molar-refractivity contribution in [2.75, 3.05) is 6.26 Å². The average Bonchev–Trinajstić information content (AvgIpc) is 2.95. The lowest BCUT2D eigenvalue weighted by Gasteiger charge is -2.16. The van der Waals surface area contributed by atoms with Crippen molar-refractivity contribution in [1.29, 1.82) is 0 Å². The lowest BCUT2D eigenvalue weighted by atomic mass is 10.0. The van der Waals surface area contributed by atoms with E-state index in [1.807, 2.05) is 0 Å². The Kier molecular flexibility index (Phi) is 33.7. The van der Waals surface area contributed by atoms with Crippen LogP contribution in [0, 0.1) is 0 Å². The van der Waals surface area contributed by atoms with E-state index in [4.69, 9.17) is 4.18 Å². The SMILES string of the molecule is CCCCCCCCCCCCCCCCCCC(CCCCCCCCCCCCCCCCCC)OS(C)(=O)=O. The van der Waals surface area contributed by atoms with E-state index in [0.717, 1.165) is 25.7 Å². The number of hydrogen-bond donors (Lipinski definition) is 0. The maximum atomic E-state index is 11.8. The Hall–Kier alpha value is -0.0900. The van der Waals surface area contributed by atoms with Gasteiger partial charge >= 0.3 is 0 Å². The molecule has 0 bridgehead atoms. The summed E-state index contributed by atoms with van der Waals surface area (Å²) in [5.41, 5.74) is 0. The minimum Gasteiger partial charge on any atom is -0.267 e. The van der Waals surface area contributed by atoms with E-state index in [-0.39, 0.29) is 6.10 Å². The van der Waals surface area contributed by atoms with Crippen molar-refractivity contribution >= 4 is 10.1 Å². The summed E-state index contributed by atoms with van der Waals surface area (Å²) in [5.74, 6) is 0. The Balaban J connectivity index is 3.58. The van der Waals surface area contributed by atoms with Crippen LogP contribution in [0.15, 0.2) is 0 Å². The molecule has 0 N–H and O–H groups in total. The monoisotopic (exact) mass is 615 g/mol. The molecule has 0 aromatic heterocycles. The molecule has 0 unspecified atom stereocenters. The molecule has 0 spiro atoms. The molecule has 0 heterocycles. The van der Waals surface area contributed by atoms with Crippen molar-refractivity contribution in [2.45, 2.75) is 238 Å². The van der Waals surface area contributed by atoms with E-state index < -0.39 is 10.1 Å². The fourth-order valence-corrected chi connectivity index (χ4v) is 7.01. The molecule has 0 saturated heterocycles. The van der Waals surface area contributed by atoms with Gasteiger partial charge in [0.2, 0.25) is 0 Å². The van der Waals surface area contributed by atoms with Gasteiger partial charge in [-0.2, -0.15) is 8.42 Å². The van der Waals surface area contributed by atoms with Crippen LogP contribution in [0.3, 0.4) is 0 Å². The highest BCUT2D eigenvalue weighted by Gasteiger charge is 2.15. The molecule has 0 aliphatic carbocycles. The summed E-state index contributed by atoms with van der Waals surface area (Å²) in [6.45, 7) is 4.57. The first-order valence-corrected chi connectivity index (χ1v) is 21.2. The maximum absolute atomic E-state index is 11.8. The van der Waals surface area contributed by atoms with Crippen molar-refractivity contribution in [3.63, 3.8) is 0 Å². The standard InChI is InChI=1S/C38H78O3S/c1-4-6-8-10-12-14-16-18-20-22-24-26-28-30-32-34-36-38(41-42(3,39)40)37-35-33-31-29-27-25-23-21-19-17-15-13-11-9-7-5-2/h38H,4-37H2,1-3H3. The summed E-state index contributed by atoms with van der Waals surface area (Å²) in [5, 5.41) is 0. The normalized spacial score (nSPS) is 12.1. The maximum Gasteiger partial charge on any atom is 0.264 e. The van der Waals surface area contributed by atoms with Crippen LogP contribution in [0.1, 0.15) is 232 Å². The number of unbranched alkanes of at least 4 members (excludes halogenated alkanes) is 30. The molecule has 42 heavy (non-hydrogen) atoms. The van der Waals surface area contributed by atoms with Crippen LogP contribution in [0.4, 0.5) is 0 Å². The Labute approximate surface area is 266 Å². The van der Waals surface area contributed by atoms with Crippen LogP contribution in [0.2, 0.25) is 0 Å². The highest BCUT2D eigenvalue weighted by atomic mass is 32.2. The molecule has 0 saturated carbocycles. The predicted molar refractivity (Wildman–Crippen MR) is 188 cm³/mol. The van der Waals surface area contributed by atoms with Gasteiger partial charge in [-0.3, -0.25) is 4.18 Å². The molecule has 0 amide bonds. The smallest absolute Gasteiger partial charge is 0.264 e. The summed E-state index contributed by atoms with van der Waals surface area (Å²) in [7, 11) is -3.37. The molecule has 4 heteroatoms. The molecule has 0 rings (SSSR count). The third-order valence-corrected chi connectivity index (χ3v) is 9.69. The van der Waals surface area contributed by atoms with Gasteiger partial charge in [-0.15, -0.1) is 0 Å². The van der Waals surface area contributed by atoms with Gasteiger partial charge < -0.3 is 0 Å². The van der Waals surface area contributed by atoms with E-state index >= 15 is 0 Å². The van der Waals surface area contributed by atoms with E-state index in [1.165, 1.54) is 199 Å². The fourth-order valence-electron chi connectivity index (χ4n) is 6.33. The Morgan fingerprint density at radius 2 is 0.548 bits per heavy atom. The third-order valence-electron chi connectivity index (χ3n) is 9.07. The summed E-state index contributed by atoms with van der Waals surface area (Å²) >= 11 is 0. The second kappa shape index (κ2) is 33.8. The largest absolute Gasteiger partial charge is 0.267 e. The van der Waals surface area contributed by atoms with Gasteiger partial charge in [-0.05, 0) is 12.8 Å². The minimum atomic E-state index is -3.37. The molecule has 0 aliphatic rings. The van der Waals surface area contributed by atoms with Gasteiger partial charge in [0.05, 0.1) is 12.4 Å². The summed E-state index contributed by atoms with van der Waals surface area (Å²) < 4.78 is 29.0. The first kappa shape index (κ1) is 41.9. The van der Waals surface area contributed by atoms with Crippen LogP contribution < -0.4 is 0 Å². The van der Waals surface area contributed by atoms with Crippen molar-refractivity contribution < 1.29 is 12.6 Å². The topological polar surface area (TPSA) is 43.4 Å². The zero-order chi connectivity index (χ0) is 30.8. The molecule has 0 atom stereocenters. The van der Waals surface area contributed by atoms with Crippen LogP contribution in [0.25, 0.3) is 0 Å². The first-order chi connectivity index (χ1) is 20.5. The fraction of sp³-hybridized carbons (Fsp3) is 1.00. The summed E-state index contributed by atoms with van der Waals surface area (Å²) in [6.07, 6.45) is 46.6. The van der Waals surface area contributed by atoms with Crippen molar-refractivity contribution in [3.05, 3.63) is 0 Å². The van der Waals surface area contributed by atoms with Gasteiger partial charge in [-0.25, -0.2) is 0 Å². The van der Waals surface area contributed by atoms with E-state index in [9.17, 15) is 8.42 Å². The van der Waals surface area contributed by atoms with Crippen molar-refractivity contribution in [1.82, 2.24) is 0 Å². The Bertz CT molecular complexity index is 567. The quantitative estimate of drug-likeness (QED) is 0.0521. The summed E-state index contributed by atoms with van der Waals surface area (Å²) in [6, 6.07) is 0. The molecule has 0 aliphatic heterocycles. The van der Waals surface area contributed by atoms with Gasteiger partial charge in [0.15, 0.2) is 0 Å². The van der Waals surface area contributed by atoms with Crippen LogP contribution >= 0.6 is 0 Å². The number of rotatable bonds is 36. The molecule has 3 nitrogen and oxygen atoms in total. The number of hydrogen-bond acceptors (Lipinski definition) is 3. The zero-order valence-electron chi connectivity index (χ0n) is 29.3. The lowest BCUT2D eigenvalue weighted by molar-refractivity contribution is 0.182. The molecule has 0 aromatic carbocycles. The summed E-state index contributed by atoms with van der Waals surface area (Å²) in [4.78, 5) is 0. The minimum absolute atomic E-state index is 0.113. The molecule has 0 fully saturated rings. The van der Waals surface area contributed by atoms with Crippen LogP contribution in [-0.2, 0) is 14.3 Å². The van der Waals surface area contributed by atoms with E-state index in [0.29, 0.717) is 0 Å². The van der Waals surface area contributed by atoms with Crippen LogP contribution in [-0.4, -0.2) is 20.8 Å². The Morgan fingerprint density at radius 1 is 0.357 bits per heavy atom. The second-order valence-electron chi connectivity index (χ2n) is 13.6. The van der Waals surface area contributed by atoms with Gasteiger partial charge in [0.1, 0.15) is 0 Å². The van der Waals surface area contributed by atoms with Gasteiger partial charge in [0, 0.05) is 0 Å². The van der Waals surface area contributed by atoms with E-state index in [1.54, 1.807) is 0 Å². The molecule has 254 valence electrons. The zero-order valence-corrected chi connectivity index (χ0v) is 30.1. The highest BCUT2D eigenvalue weighted by molar-refractivity contribution is 7.86. The first-order valence-electron chi connectivity index (χ1n) is 19.4.